The van der Waals surface area contributed by atoms with Gasteiger partial charge in [-0.15, -0.1) is 0 Å². The third-order valence-corrected chi connectivity index (χ3v) is 3.68. The fourth-order valence-corrected chi connectivity index (χ4v) is 2.55. The van der Waals surface area contributed by atoms with Crippen LogP contribution in [0.4, 0.5) is 33.6 Å². The molecule has 0 spiro atoms. The molecule has 3 aromatic rings. The van der Waals surface area contributed by atoms with Crippen LogP contribution in [-0.4, -0.2) is 15.0 Å². The van der Waals surface area contributed by atoms with E-state index in [1.165, 1.54) is 6.07 Å². The Morgan fingerprint density at radius 2 is 1.65 bits per heavy atom. The van der Waals surface area contributed by atoms with Crippen molar-refractivity contribution in [1.82, 2.24) is 15.0 Å². The van der Waals surface area contributed by atoms with E-state index in [-0.39, 0.29) is 33.6 Å². The standard InChI is InChI=1S/C16H10Cl2FN7/c17-9-5-11(18)13(12(19)6-9)23-16-25-14(21)24-15(26-16)22-10-3-1-8(7-20)2-4-10/h1-6H,(H4,21,22,23,24,25,26). The molecule has 0 saturated carbocycles. The Morgan fingerprint density at radius 3 is 2.27 bits per heavy atom. The zero-order valence-corrected chi connectivity index (χ0v) is 14.5. The Morgan fingerprint density at radius 1 is 1.00 bits per heavy atom. The third-order valence-electron chi connectivity index (χ3n) is 3.17. The predicted octanol–water partition coefficient (Wildman–Crippen LogP) is 4.26. The number of nitrogens with one attached hydrogen (secondary N) is 2. The molecule has 26 heavy (non-hydrogen) atoms. The maximum Gasteiger partial charge on any atom is 0.233 e. The summed E-state index contributed by atoms with van der Waals surface area (Å²) in [5, 5.41) is 14.6. The van der Waals surface area contributed by atoms with E-state index < -0.39 is 5.82 Å². The van der Waals surface area contributed by atoms with Crippen molar-refractivity contribution >= 4 is 52.4 Å². The summed E-state index contributed by atoms with van der Waals surface area (Å²) >= 11 is 11.7. The first-order valence-corrected chi connectivity index (χ1v) is 7.90. The number of nitrogen functional groups attached to an aromatic ring is 1. The summed E-state index contributed by atoms with van der Waals surface area (Å²) < 4.78 is 14.0. The Hall–Kier alpha value is -3.15. The largest absolute Gasteiger partial charge is 0.368 e. The van der Waals surface area contributed by atoms with Gasteiger partial charge in [0.05, 0.1) is 22.3 Å². The maximum atomic E-state index is 14.0. The number of benzene rings is 2. The second-order valence-electron chi connectivity index (χ2n) is 5.02. The highest BCUT2D eigenvalue weighted by Crippen LogP contribution is 2.31. The predicted molar refractivity (Wildman–Crippen MR) is 98.4 cm³/mol. The first-order valence-electron chi connectivity index (χ1n) is 7.15. The lowest BCUT2D eigenvalue weighted by molar-refractivity contribution is 0.631. The summed E-state index contributed by atoms with van der Waals surface area (Å²) in [6.07, 6.45) is 0. The average molecular weight is 390 g/mol. The van der Waals surface area contributed by atoms with Gasteiger partial charge in [-0.05, 0) is 36.4 Å². The lowest BCUT2D eigenvalue weighted by atomic mass is 10.2. The van der Waals surface area contributed by atoms with E-state index in [1.807, 2.05) is 6.07 Å². The highest BCUT2D eigenvalue weighted by molar-refractivity contribution is 6.36. The second kappa shape index (κ2) is 7.39. The molecule has 0 amide bonds. The van der Waals surface area contributed by atoms with Gasteiger partial charge in [0.25, 0.3) is 0 Å². The second-order valence-corrected chi connectivity index (χ2v) is 5.87. The number of nitrogens with two attached hydrogens (primary N) is 1. The lowest BCUT2D eigenvalue weighted by Gasteiger charge is -2.11. The summed E-state index contributed by atoms with van der Waals surface area (Å²) in [5.74, 6) is -0.612. The van der Waals surface area contributed by atoms with Gasteiger partial charge in [0, 0.05) is 10.7 Å². The molecule has 3 rings (SSSR count). The van der Waals surface area contributed by atoms with Gasteiger partial charge < -0.3 is 16.4 Å². The number of nitrogens with zero attached hydrogens (tertiary/aromatic N) is 4. The molecule has 0 radical (unpaired) electrons. The zero-order valence-electron chi connectivity index (χ0n) is 13.0. The van der Waals surface area contributed by atoms with Crippen LogP contribution < -0.4 is 16.4 Å². The van der Waals surface area contributed by atoms with Crippen LogP contribution in [0.2, 0.25) is 10.0 Å². The topological polar surface area (TPSA) is 113 Å². The van der Waals surface area contributed by atoms with Crippen LogP contribution in [0.5, 0.6) is 0 Å². The summed E-state index contributed by atoms with van der Waals surface area (Å²) in [5.41, 5.74) is 6.79. The van der Waals surface area contributed by atoms with Crippen LogP contribution in [-0.2, 0) is 0 Å². The number of hydrogen-bond donors (Lipinski definition) is 3. The van der Waals surface area contributed by atoms with E-state index in [0.29, 0.717) is 11.3 Å². The molecule has 10 heteroatoms. The molecule has 1 aromatic heterocycles. The zero-order chi connectivity index (χ0) is 18.7. The van der Waals surface area contributed by atoms with Gasteiger partial charge in [-0.3, -0.25) is 0 Å². The normalized spacial score (nSPS) is 10.2. The smallest absolute Gasteiger partial charge is 0.233 e. The van der Waals surface area contributed by atoms with Gasteiger partial charge in [0.15, 0.2) is 0 Å². The van der Waals surface area contributed by atoms with Crippen molar-refractivity contribution in [1.29, 1.82) is 5.26 Å². The van der Waals surface area contributed by atoms with Crippen LogP contribution in [0.25, 0.3) is 0 Å². The number of hydrogen-bond acceptors (Lipinski definition) is 7. The van der Waals surface area contributed by atoms with Gasteiger partial charge >= 0.3 is 0 Å². The maximum absolute atomic E-state index is 14.0. The summed E-state index contributed by atoms with van der Waals surface area (Å²) in [4.78, 5) is 12.0. The van der Waals surface area contributed by atoms with Crippen molar-refractivity contribution in [3.8, 4) is 6.07 Å². The Bertz CT molecular complexity index is 979. The summed E-state index contributed by atoms with van der Waals surface area (Å²) in [6.45, 7) is 0. The Kier molecular flexibility index (Phi) is 5.02. The molecule has 0 atom stereocenters. The summed E-state index contributed by atoms with van der Waals surface area (Å²) in [7, 11) is 0. The molecule has 1 heterocycles. The molecule has 0 aliphatic carbocycles. The minimum Gasteiger partial charge on any atom is -0.368 e. The third kappa shape index (κ3) is 4.08. The molecule has 130 valence electrons. The number of aromatic nitrogens is 3. The van der Waals surface area contributed by atoms with Crippen molar-refractivity contribution in [2.24, 2.45) is 0 Å². The molecule has 4 N–H and O–H groups in total. The van der Waals surface area contributed by atoms with Gasteiger partial charge in [-0.1, -0.05) is 23.2 Å². The number of nitriles is 1. The highest BCUT2D eigenvalue weighted by atomic mass is 35.5. The number of anilines is 5. The Labute approximate surface area is 157 Å². The van der Waals surface area contributed by atoms with Gasteiger partial charge in [0.1, 0.15) is 5.82 Å². The molecule has 0 bridgehead atoms. The molecule has 0 unspecified atom stereocenters. The van der Waals surface area contributed by atoms with Crippen molar-refractivity contribution in [3.05, 3.63) is 57.8 Å². The summed E-state index contributed by atoms with van der Waals surface area (Å²) in [6, 6.07) is 11.1. The molecule has 7 nitrogen and oxygen atoms in total. The number of rotatable bonds is 4. The van der Waals surface area contributed by atoms with E-state index in [0.717, 1.165) is 6.07 Å². The minimum atomic E-state index is -0.664. The van der Waals surface area contributed by atoms with E-state index in [4.69, 9.17) is 34.2 Å². The van der Waals surface area contributed by atoms with Crippen molar-refractivity contribution in [2.45, 2.75) is 0 Å². The minimum absolute atomic E-state index is 0.00299. The van der Waals surface area contributed by atoms with Crippen molar-refractivity contribution in [2.75, 3.05) is 16.4 Å². The quantitative estimate of drug-likeness (QED) is 0.610. The monoisotopic (exact) mass is 389 g/mol. The number of halogens is 3. The molecular formula is C16H10Cl2FN7. The molecular weight excluding hydrogens is 380 g/mol. The van der Waals surface area contributed by atoms with Crippen molar-refractivity contribution in [3.63, 3.8) is 0 Å². The van der Waals surface area contributed by atoms with Crippen LogP contribution in [0.15, 0.2) is 36.4 Å². The molecule has 0 aliphatic heterocycles. The SMILES string of the molecule is N#Cc1ccc(Nc2nc(N)nc(Nc3c(F)cc(Cl)cc3Cl)n2)cc1. The van der Waals surface area contributed by atoms with E-state index in [1.54, 1.807) is 24.3 Å². The fourth-order valence-electron chi connectivity index (χ4n) is 2.03. The molecule has 0 fully saturated rings. The fraction of sp³-hybridized carbons (Fsp3) is 0. The van der Waals surface area contributed by atoms with Gasteiger partial charge in [-0.25, -0.2) is 4.39 Å². The van der Waals surface area contributed by atoms with Gasteiger partial charge in [0.2, 0.25) is 17.8 Å². The lowest BCUT2D eigenvalue weighted by Crippen LogP contribution is -2.07. The molecule has 0 aliphatic rings. The van der Waals surface area contributed by atoms with E-state index >= 15 is 0 Å². The average Bonchev–Trinajstić information content (AvgIpc) is 2.58. The van der Waals surface area contributed by atoms with Crippen LogP contribution in [0.3, 0.4) is 0 Å². The van der Waals surface area contributed by atoms with E-state index in [9.17, 15) is 4.39 Å². The molecule has 0 saturated heterocycles. The van der Waals surface area contributed by atoms with Crippen molar-refractivity contribution < 1.29 is 4.39 Å². The van der Waals surface area contributed by atoms with E-state index in [2.05, 4.69) is 25.6 Å². The first kappa shape index (κ1) is 17.7. The van der Waals surface area contributed by atoms with Crippen LogP contribution in [0.1, 0.15) is 5.56 Å². The highest BCUT2D eigenvalue weighted by Gasteiger charge is 2.12. The van der Waals surface area contributed by atoms with Crippen LogP contribution >= 0.6 is 23.2 Å². The van der Waals surface area contributed by atoms with Gasteiger partial charge in [-0.2, -0.15) is 20.2 Å². The first-order chi connectivity index (χ1) is 12.4. The van der Waals surface area contributed by atoms with Crippen LogP contribution in [0, 0.1) is 17.1 Å². The molecule has 2 aromatic carbocycles. The Balaban J connectivity index is 1.87.